The lowest BCUT2D eigenvalue weighted by Crippen LogP contribution is -2.39. The molecule has 2 unspecified atom stereocenters. The van der Waals surface area contributed by atoms with Gasteiger partial charge in [-0.3, -0.25) is 4.79 Å². The molecule has 0 bridgehead atoms. The molecule has 0 radical (unpaired) electrons. The van der Waals surface area contributed by atoms with Gasteiger partial charge in [0.05, 0.1) is 5.56 Å². The number of carbonyl (C=O) groups excluding carboxylic acids is 1. The minimum Gasteiger partial charge on any atom is -0.380 e. The highest BCUT2D eigenvalue weighted by molar-refractivity contribution is 9.10. The Bertz CT molecular complexity index is 464. The highest BCUT2D eigenvalue weighted by Gasteiger charge is 2.21. The molecule has 0 aromatic heterocycles. The van der Waals surface area contributed by atoms with Gasteiger partial charge in [0.2, 0.25) is 0 Å². The van der Waals surface area contributed by atoms with E-state index >= 15 is 0 Å². The van der Waals surface area contributed by atoms with Gasteiger partial charge in [0, 0.05) is 22.2 Å². The molecule has 2 rings (SSSR count). The number of primary amides is 1. The number of rotatable bonds is 3. The van der Waals surface area contributed by atoms with Crippen molar-refractivity contribution in [3.05, 3.63) is 28.2 Å². The minimum atomic E-state index is -0.425. The van der Waals surface area contributed by atoms with E-state index in [2.05, 4.69) is 21.2 Å². The third-order valence-electron chi connectivity index (χ3n) is 3.66. The van der Waals surface area contributed by atoms with Gasteiger partial charge in [0.15, 0.2) is 0 Å². The number of nitrogens with two attached hydrogens (primary N) is 2. The van der Waals surface area contributed by atoms with Gasteiger partial charge < -0.3 is 16.8 Å². The van der Waals surface area contributed by atoms with E-state index in [1.54, 1.807) is 6.07 Å². The predicted molar refractivity (Wildman–Crippen MR) is 81.1 cm³/mol. The molecule has 0 saturated heterocycles. The normalized spacial score (nSPS) is 23.7. The largest absolute Gasteiger partial charge is 0.380 e. The maximum Gasteiger partial charge on any atom is 0.250 e. The van der Waals surface area contributed by atoms with Crippen LogP contribution in [-0.2, 0) is 0 Å². The third-order valence-corrected chi connectivity index (χ3v) is 4.15. The monoisotopic (exact) mass is 325 g/mol. The van der Waals surface area contributed by atoms with Crippen LogP contribution in [0.15, 0.2) is 22.7 Å². The molecular formula is C14H20BrN3O. The summed E-state index contributed by atoms with van der Waals surface area (Å²) in [6.07, 6.45) is 5.65. The van der Waals surface area contributed by atoms with Crippen LogP contribution in [-0.4, -0.2) is 18.0 Å². The van der Waals surface area contributed by atoms with Crippen molar-refractivity contribution in [3.8, 4) is 0 Å². The smallest absolute Gasteiger partial charge is 0.250 e. The molecule has 1 aliphatic rings. The van der Waals surface area contributed by atoms with Crippen molar-refractivity contribution < 1.29 is 4.79 Å². The van der Waals surface area contributed by atoms with Crippen molar-refractivity contribution in [1.29, 1.82) is 0 Å². The Hall–Kier alpha value is -1.07. The number of nitrogens with one attached hydrogen (secondary N) is 1. The minimum absolute atomic E-state index is 0.131. The Kier molecular flexibility index (Phi) is 4.82. The molecule has 0 heterocycles. The summed E-state index contributed by atoms with van der Waals surface area (Å²) in [4.78, 5) is 11.5. The lowest BCUT2D eigenvalue weighted by molar-refractivity contribution is 0.100. The summed E-state index contributed by atoms with van der Waals surface area (Å²) < 4.78 is 0.844. The number of halogens is 1. The van der Waals surface area contributed by atoms with Crippen molar-refractivity contribution in [1.82, 2.24) is 0 Å². The molecule has 1 aliphatic carbocycles. The first kappa shape index (κ1) is 14.3. The first-order valence-corrected chi connectivity index (χ1v) is 7.48. The van der Waals surface area contributed by atoms with Crippen LogP contribution in [0.2, 0.25) is 0 Å². The summed E-state index contributed by atoms with van der Waals surface area (Å²) in [6.45, 7) is 0. The molecule has 1 amide bonds. The average Bonchev–Trinajstić information content (AvgIpc) is 2.57. The van der Waals surface area contributed by atoms with Gasteiger partial charge in [0.1, 0.15) is 0 Å². The maximum absolute atomic E-state index is 11.5. The van der Waals surface area contributed by atoms with Crippen molar-refractivity contribution in [3.63, 3.8) is 0 Å². The molecule has 1 aromatic rings. The topological polar surface area (TPSA) is 81.1 Å². The lowest BCUT2D eigenvalue weighted by Gasteiger charge is -2.25. The standard InChI is InChI=1S/C14H20BrN3O/c15-9-6-7-12(10(8-9)14(17)19)18-13-5-3-1-2-4-11(13)16/h6-8,11,13,18H,1-5,16H2,(H2,17,19). The van der Waals surface area contributed by atoms with E-state index in [4.69, 9.17) is 11.5 Å². The van der Waals surface area contributed by atoms with Crippen LogP contribution in [0.5, 0.6) is 0 Å². The molecule has 0 spiro atoms. The molecule has 1 saturated carbocycles. The Labute approximate surface area is 122 Å². The Morgan fingerprint density at radius 2 is 2.00 bits per heavy atom. The summed E-state index contributed by atoms with van der Waals surface area (Å²) in [6, 6.07) is 5.86. The molecule has 2 atom stereocenters. The van der Waals surface area contributed by atoms with Gasteiger partial charge in [-0.25, -0.2) is 0 Å². The highest BCUT2D eigenvalue weighted by Crippen LogP contribution is 2.25. The molecule has 19 heavy (non-hydrogen) atoms. The third kappa shape index (κ3) is 3.70. The van der Waals surface area contributed by atoms with Crippen LogP contribution in [0.3, 0.4) is 0 Å². The van der Waals surface area contributed by atoms with Gasteiger partial charge in [-0.2, -0.15) is 0 Å². The van der Waals surface area contributed by atoms with Crippen LogP contribution >= 0.6 is 15.9 Å². The van der Waals surface area contributed by atoms with Crippen molar-refractivity contribution in [2.45, 2.75) is 44.2 Å². The summed E-state index contributed by atoms with van der Waals surface area (Å²) in [5, 5.41) is 3.40. The van der Waals surface area contributed by atoms with Gasteiger partial charge in [0.25, 0.3) is 5.91 Å². The number of amides is 1. The zero-order chi connectivity index (χ0) is 13.8. The summed E-state index contributed by atoms with van der Waals surface area (Å²) in [5.41, 5.74) is 12.9. The molecule has 4 nitrogen and oxygen atoms in total. The number of anilines is 1. The maximum atomic E-state index is 11.5. The van der Waals surface area contributed by atoms with E-state index in [0.717, 1.165) is 23.0 Å². The number of hydrogen-bond acceptors (Lipinski definition) is 3. The van der Waals surface area contributed by atoms with Gasteiger partial charge in [-0.05, 0) is 31.0 Å². The van der Waals surface area contributed by atoms with Crippen molar-refractivity contribution in [2.75, 3.05) is 5.32 Å². The second kappa shape index (κ2) is 6.39. The van der Waals surface area contributed by atoms with E-state index in [1.165, 1.54) is 19.3 Å². The molecule has 1 fully saturated rings. The van der Waals surface area contributed by atoms with Crippen LogP contribution in [0.25, 0.3) is 0 Å². The first-order valence-electron chi connectivity index (χ1n) is 6.69. The first-order chi connectivity index (χ1) is 9.08. The van der Waals surface area contributed by atoms with E-state index < -0.39 is 5.91 Å². The Morgan fingerprint density at radius 1 is 1.26 bits per heavy atom. The summed E-state index contributed by atoms with van der Waals surface area (Å²) in [7, 11) is 0. The molecular weight excluding hydrogens is 306 g/mol. The van der Waals surface area contributed by atoms with Crippen LogP contribution < -0.4 is 16.8 Å². The van der Waals surface area contributed by atoms with Crippen LogP contribution in [0.1, 0.15) is 42.5 Å². The number of benzene rings is 1. The van der Waals surface area contributed by atoms with E-state index in [1.807, 2.05) is 12.1 Å². The fourth-order valence-electron chi connectivity index (χ4n) is 2.56. The van der Waals surface area contributed by atoms with E-state index in [9.17, 15) is 4.79 Å². The van der Waals surface area contributed by atoms with Crippen molar-refractivity contribution in [2.24, 2.45) is 11.5 Å². The van der Waals surface area contributed by atoms with E-state index in [-0.39, 0.29) is 12.1 Å². The van der Waals surface area contributed by atoms with Gasteiger partial charge in [-0.15, -0.1) is 0 Å². The van der Waals surface area contributed by atoms with Gasteiger partial charge in [-0.1, -0.05) is 35.2 Å². The second-order valence-electron chi connectivity index (χ2n) is 5.11. The fourth-order valence-corrected chi connectivity index (χ4v) is 2.92. The zero-order valence-corrected chi connectivity index (χ0v) is 12.4. The molecule has 5 heteroatoms. The Balaban J connectivity index is 2.19. The zero-order valence-electron chi connectivity index (χ0n) is 10.9. The number of hydrogen-bond donors (Lipinski definition) is 3. The van der Waals surface area contributed by atoms with Crippen LogP contribution in [0.4, 0.5) is 5.69 Å². The lowest BCUT2D eigenvalue weighted by atomic mass is 10.0. The molecule has 104 valence electrons. The van der Waals surface area contributed by atoms with Crippen molar-refractivity contribution >= 4 is 27.5 Å². The second-order valence-corrected chi connectivity index (χ2v) is 6.02. The Morgan fingerprint density at radius 3 is 2.74 bits per heavy atom. The summed E-state index contributed by atoms with van der Waals surface area (Å²) >= 11 is 3.35. The molecule has 5 N–H and O–H groups in total. The van der Waals surface area contributed by atoms with Crippen LogP contribution in [0, 0.1) is 0 Å². The average molecular weight is 326 g/mol. The number of carbonyl (C=O) groups is 1. The highest BCUT2D eigenvalue weighted by atomic mass is 79.9. The summed E-state index contributed by atoms with van der Waals surface area (Å²) in [5.74, 6) is -0.425. The molecule has 1 aromatic carbocycles. The quantitative estimate of drug-likeness (QED) is 0.747. The fraction of sp³-hybridized carbons (Fsp3) is 0.500. The molecule has 0 aliphatic heterocycles. The van der Waals surface area contributed by atoms with E-state index in [0.29, 0.717) is 5.56 Å². The predicted octanol–water partition coefficient (Wildman–Crippen LogP) is 2.62. The van der Waals surface area contributed by atoms with Gasteiger partial charge >= 0.3 is 0 Å². The SMILES string of the molecule is NC(=O)c1cc(Br)ccc1NC1CCCCCC1N.